The zero-order chi connectivity index (χ0) is 11.1. The highest BCUT2D eigenvalue weighted by atomic mass is 14.9. The van der Waals surface area contributed by atoms with E-state index >= 15 is 0 Å². The summed E-state index contributed by atoms with van der Waals surface area (Å²) in [6.07, 6.45) is 6.60. The summed E-state index contributed by atoms with van der Waals surface area (Å²) in [5, 5.41) is 3.57. The molecule has 1 rings (SSSR count). The van der Waals surface area contributed by atoms with Gasteiger partial charge in [-0.3, -0.25) is 0 Å². The molecule has 2 heteroatoms. The van der Waals surface area contributed by atoms with Crippen molar-refractivity contribution in [1.29, 1.82) is 0 Å². The van der Waals surface area contributed by atoms with Crippen molar-refractivity contribution in [2.45, 2.75) is 46.0 Å². The molecule has 2 nitrogen and oxygen atoms in total. The second-order valence-corrected chi connectivity index (χ2v) is 5.17. The standard InChI is InChI=1S/C13H28N2/c1-3-12(6-7-14)5-4-8-15-10-13-9-11(13)2/h11-13,15H,3-10,14H2,1-2H3. The third-order valence-electron chi connectivity index (χ3n) is 3.80. The molecular weight excluding hydrogens is 184 g/mol. The van der Waals surface area contributed by atoms with Crippen LogP contribution in [0, 0.1) is 17.8 Å². The second kappa shape index (κ2) is 7.24. The molecule has 0 bridgehead atoms. The van der Waals surface area contributed by atoms with E-state index in [-0.39, 0.29) is 0 Å². The highest BCUT2D eigenvalue weighted by molar-refractivity contribution is 4.83. The number of hydrogen-bond acceptors (Lipinski definition) is 2. The highest BCUT2D eigenvalue weighted by Gasteiger charge is 2.31. The van der Waals surface area contributed by atoms with E-state index in [1.165, 1.54) is 45.2 Å². The Morgan fingerprint density at radius 1 is 1.40 bits per heavy atom. The molecule has 0 spiro atoms. The molecule has 90 valence electrons. The van der Waals surface area contributed by atoms with E-state index in [4.69, 9.17) is 5.73 Å². The Labute approximate surface area is 95.0 Å². The molecule has 1 aliphatic carbocycles. The van der Waals surface area contributed by atoms with Crippen molar-refractivity contribution < 1.29 is 0 Å². The van der Waals surface area contributed by atoms with Gasteiger partial charge in [0.2, 0.25) is 0 Å². The summed E-state index contributed by atoms with van der Waals surface area (Å²) in [4.78, 5) is 0. The molecule has 0 aliphatic heterocycles. The fourth-order valence-electron chi connectivity index (χ4n) is 2.27. The largest absolute Gasteiger partial charge is 0.330 e. The van der Waals surface area contributed by atoms with Gasteiger partial charge in [-0.25, -0.2) is 0 Å². The van der Waals surface area contributed by atoms with Crippen LogP contribution < -0.4 is 11.1 Å². The van der Waals surface area contributed by atoms with Crippen LogP contribution in [0.1, 0.15) is 46.0 Å². The Bertz CT molecular complexity index is 159. The van der Waals surface area contributed by atoms with Gasteiger partial charge in [-0.05, 0) is 63.1 Å². The molecule has 0 heterocycles. The fraction of sp³-hybridized carbons (Fsp3) is 1.00. The van der Waals surface area contributed by atoms with Gasteiger partial charge in [0.15, 0.2) is 0 Å². The lowest BCUT2D eigenvalue weighted by Gasteiger charge is -2.13. The fourth-order valence-corrected chi connectivity index (χ4v) is 2.27. The second-order valence-electron chi connectivity index (χ2n) is 5.17. The van der Waals surface area contributed by atoms with Crippen LogP contribution in [0.5, 0.6) is 0 Å². The molecule has 0 radical (unpaired) electrons. The summed E-state index contributed by atoms with van der Waals surface area (Å²) in [5.41, 5.74) is 5.58. The SMILES string of the molecule is CCC(CCN)CCCNCC1CC1C. The number of rotatable bonds is 9. The summed E-state index contributed by atoms with van der Waals surface area (Å²) in [6, 6.07) is 0. The van der Waals surface area contributed by atoms with Crippen molar-refractivity contribution in [2.75, 3.05) is 19.6 Å². The molecule has 3 unspecified atom stereocenters. The van der Waals surface area contributed by atoms with Crippen molar-refractivity contribution in [2.24, 2.45) is 23.5 Å². The maximum Gasteiger partial charge on any atom is -0.00179 e. The zero-order valence-corrected chi connectivity index (χ0v) is 10.5. The zero-order valence-electron chi connectivity index (χ0n) is 10.5. The van der Waals surface area contributed by atoms with Gasteiger partial charge in [-0.15, -0.1) is 0 Å². The van der Waals surface area contributed by atoms with E-state index in [1.54, 1.807) is 0 Å². The third-order valence-corrected chi connectivity index (χ3v) is 3.80. The lowest BCUT2D eigenvalue weighted by molar-refractivity contribution is 0.420. The van der Waals surface area contributed by atoms with Crippen LogP contribution in [0.4, 0.5) is 0 Å². The van der Waals surface area contributed by atoms with Crippen molar-refractivity contribution in [3.8, 4) is 0 Å². The Balaban J connectivity index is 1.86. The first-order valence-corrected chi connectivity index (χ1v) is 6.68. The van der Waals surface area contributed by atoms with Crippen molar-refractivity contribution in [3.63, 3.8) is 0 Å². The molecule has 0 aromatic heterocycles. The Kier molecular flexibility index (Phi) is 6.26. The molecule has 0 aromatic rings. The minimum absolute atomic E-state index is 0.853. The van der Waals surface area contributed by atoms with Gasteiger partial charge in [0, 0.05) is 0 Å². The first-order valence-electron chi connectivity index (χ1n) is 6.68. The minimum atomic E-state index is 0.853. The van der Waals surface area contributed by atoms with Crippen LogP contribution in [0.3, 0.4) is 0 Å². The quantitative estimate of drug-likeness (QED) is 0.576. The predicted molar refractivity (Wildman–Crippen MR) is 66.8 cm³/mol. The first-order chi connectivity index (χ1) is 7.27. The van der Waals surface area contributed by atoms with Crippen LogP contribution in [0.15, 0.2) is 0 Å². The molecule has 3 N–H and O–H groups in total. The summed E-state index contributed by atoms with van der Waals surface area (Å²) in [6.45, 7) is 7.92. The minimum Gasteiger partial charge on any atom is -0.330 e. The monoisotopic (exact) mass is 212 g/mol. The van der Waals surface area contributed by atoms with Crippen LogP contribution in [-0.4, -0.2) is 19.6 Å². The van der Waals surface area contributed by atoms with E-state index in [0.29, 0.717) is 0 Å². The van der Waals surface area contributed by atoms with Gasteiger partial charge in [0.1, 0.15) is 0 Å². The topological polar surface area (TPSA) is 38.0 Å². The van der Waals surface area contributed by atoms with Crippen LogP contribution in [0.25, 0.3) is 0 Å². The summed E-state index contributed by atoms with van der Waals surface area (Å²) >= 11 is 0. The molecule has 1 aliphatic rings. The van der Waals surface area contributed by atoms with Crippen molar-refractivity contribution in [1.82, 2.24) is 5.32 Å². The van der Waals surface area contributed by atoms with Gasteiger partial charge in [0.25, 0.3) is 0 Å². The maximum absolute atomic E-state index is 5.58. The Morgan fingerprint density at radius 3 is 2.67 bits per heavy atom. The van der Waals surface area contributed by atoms with Gasteiger partial charge >= 0.3 is 0 Å². The molecule has 1 fully saturated rings. The molecular formula is C13H28N2. The van der Waals surface area contributed by atoms with E-state index in [9.17, 15) is 0 Å². The lowest BCUT2D eigenvalue weighted by atomic mass is 9.97. The van der Waals surface area contributed by atoms with Crippen molar-refractivity contribution in [3.05, 3.63) is 0 Å². The highest BCUT2D eigenvalue weighted by Crippen LogP contribution is 2.36. The van der Waals surface area contributed by atoms with Crippen LogP contribution in [-0.2, 0) is 0 Å². The van der Waals surface area contributed by atoms with E-state index in [2.05, 4.69) is 19.2 Å². The van der Waals surface area contributed by atoms with Gasteiger partial charge in [-0.2, -0.15) is 0 Å². The first kappa shape index (κ1) is 13.0. The average Bonchev–Trinajstić information content (AvgIpc) is 2.92. The molecule has 0 saturated heterocycles. The van der Waals surface area contributed by atoms with Crippen LogP contribution in [0.2, 0.25) is 0 Å². The van der Waals surface area contributed by atoms with E-state index < -0.39 is 0 Å². The molecule has 3 atom stereocenters. The summed E-state index contributed by atoms with van der Waals surface area (Å²) in [5.74, 6) is 2.82. The Hall–Kier alpha value is -0.0800. The summed E-state index contributed by atoms with van der Waals surface area (Å²) < 4.78 is 0. The third kappa shape index (κ3) is 5.53. The smallest absolute Gasteiger partial charge is 0.00179 e. The van der Waals surface area contributed by atoms with E-state index in [1.807, 2.05) is 0 Å². The van der Waals surface area contributed by atoms with Crippen LogP contribution >= 0.6 is 0 Å². The number of nitrogens with one attached hydrogen (secondary N) is 1. The van der Waals surface area contributed by atoms with Gasteiger partial charge in [-0.1, -0.05) is 20.3 Å². The number of nitrogens with two attached hydrogens (primary N) is 1. The van der Waals surface area contributed by atoms with Gasteiger partial charge in [0.05, 0.1) is 0 Å². The van der Waals surface area contributed by atoms with Crippen molar-refractivity contribution >= 4 is 0 Å². The van der Waals surface area contributed by atoms with E-state index in [0.717, 1.165) is 24.3 Å². The summed E-state index contributed by atoms with van der Waals surface area (Å²) in [7, 11) is 0. The average molecular weight is 212 g/mol. The molecule has 0 aromatic carbocycles. The predicted octanol–water partition coefficient (Wildman–Crippen LogP) is 2.39. The molecule has 1 saturated carbocycles. The van der Waals surface area contributed by atoms with Gasteiger partial charge < -0.3 is 11.1 Å². The number of hydrogen-bond donors (Lipinski definition) is 2. The Morgan fingerprint density at radius 2 is 2.13 bits per heavy atom. The lowest BCUT2D eigenvalue weighted by Crippen LogP contribution is -2.19. The maximum atomic E-state index is 5.58. The normalized spacial score (nSPS) is 26.6. The molecule has 15 heavy (non-hydrogen) atoms. The molecule has 0 amide bonds.